The van der Waals surface area contributed by atoms with Gasteiger partial charge in [-0.15, -0.1) is 0 Å². The van der Waals surface area contributed by atoms with E-state index >= 15 is 0 Å². The van der Waals surface area contributed by atoms with Gasteiger partial charge in [0, 0.05) is 11.8 Å². The van der Waals surface area contributed by atoms with Gasteiger partial charge < -0.3 is 10.2 Å². The van der Waals surface area contributed by atoms with E-state index < -0.39 is 9.84 Å². The molecule has 0 spiro atoms. The molecule has 1 atom stereocenters. The molecule has 1 aromatic carbocycles. The van der Waals surface area contributed by atoms with Crippen LogP contribution in [0.1, 0.15) is 26.7 Å². The molecule has 5 nitrogen and oxygen atoms in total. The maximum Gasteiger partial charge on any atom is 0.316 e. The van der Waals surface area contributed by atoms with Crippen LogP contribution in [0.2, 0.25) is 0 Å². The third kappa shape index (κ3) is 3.07. The first-order chi connectivity index (χ1) is 8.92. The number of hydrogen-bond acceptors (Lipinski definition) is 5. The van der Waals surface area contributed by atoms with Crippen molar-refractivity contribution in [3.63, 3.8) is 0 Å². The van der Waals surface area contributed by atoms with Gasteiger partial charge in [-0.1, -0.05) is 20.3 Å². The number of nitrogens with zero attached hydrogens (tertiary/aromatic N) is 1. The number of fused-ring (bicyclic) bond motifs is 1. The normalized spacial score (nSPS) is 13.8. The van der Waals surface area contributed by atoms with E-state index in [-0.39, 0.29) is 16.9 Å². The molecule has 0 aliphatic carbocycles. The van der Waals surface area contributed by atoms with Gasteiger partial charge in [0.25, 0.3) is 0 Å². The lowest BCUT2D eigenvalue weighted by atomic mass is 10.1. The van der Waals surface area contributed by atoms with Crippen LogP contribution >= 0.6 is 0 Å². The lowest BCUT2D eigenvalue weighted by Gasteiger charge is -2.07. The van der Waals surface area contributed by atoms with E-state index in [0.717, 1.165) is 12.8 Å². The van der Waals surface area contributed by atoms with Gasteiger partial charge >= 0.3 is 5.22 Å². The zero-order valence-electron chi connectivity index (χ0n) is 11.1. The lowest BCUT2D eigenvalue weighted by molar-refractivity contribution is 0.451. The van der Waals surface area contributed by atoms with Gasteiger partial charge in [0.2, 0.25) is 9.84 Å². The van der Waals surface area contributed by atoms with Crippen LogP contribution in [0, 0.1) is 5.92 Å². The number of benzene rings is 1. The Hall–Kier alpha value is -1.56. The van der Waals surface area contributed by atoms with E-state index in [2.05, 4.69) is 4.98 Å². The summed E-state index contributed by atoms with van der Waals surface area (Å²) in [6.07, 6.45) is 1.83. The molecule has 0 aliphatic rings. The number of oxazole rings is 1. The van der Waals surface area contributed by atoms with E-state index in [4.69, 9.17) is 10.2 Å². The number of rotatable bonds is 5. The monoisotopic (exact) mass is 282 g/mol. The van der Waals surface area contributed by atoms with E-state index in [0.29, 0.717) is 16.8 Å². The highest BCUT2D eigenvalue weighted by Gasteiger charge is 2.24. The van der Waals surface area contributed by atoms with Gasteiger partial charge in [-0.05, 0) is 24.5 Å². The fourth-order valence-corrected chi connectivity index (χ4v) is 3.59. The maximum absolute atomic E-state index is 12.2. The number of nitrogen functional groups attached to an aromatic ring is 1. The first kappa shape index (κ1) is 13.9. The third-order valence-corrected chi connectivity index (χ3v) is 4.66. The van der Waals surface area contributed by atoms with Crippen LogP contribution in [0.25, 0.3) is 11.1 Å². The smallest absolute Gasteiger partial charge is 0.316 e. The van der Waals surface area contributed by atoms with Crippen LogP contribution in [-0.4, -0.2) is 19.2 Å². The molecule has 2 N–H and O–H groups in total. The Bertz CT molecular complexity index is 676. The molecule has 104 valence electrons. The van der Waals surface area contributed by atoms with Gasteiger partial charge in [0.1, 0.15) is 5.52 Å². The molecule has 0 fully saturated rings. The van der Waals surface area contributed by atoms with Crippen LogP contribution in [0.15, 0.2) is 27.8 Å². The second kappa shape index (κ2) is 5.21. The molecule has 0 saturated heterocycles. The van der Waals surface area contributed by atoms with Crippen molar-refractivity contribution in [1.29, 1.82) is 0 Å². The fourth-order valence-electron chi connectivity index (χ4n) is 2.08. The van der Waals surface area contributed by atoms with Crippen molar-refractivity contribution in [3.05, 3.63) is 18.2 Å². The van der Waals surface area contributed by atoms with Crippen LogP contribution in [0.4, 0.5) is 5.69 Å². The largest absolute Gasteiger partial charge is 0.428 e. The third-order valence-electron chi connectivity index (χ3n) is 2.94. The number of anilines is 1. The minimum atomic E-state index is -3.48. The second-order valence-electron chi connectivity index (χ2n) is 4.88. The Balaban J connectivity index is 2.32. The number of aromatic nitrogens is 1. The number of nitrogens with two attached hydrogens (primary N) is 1. The summed E-state index contributed by atoms with van der Waals surface area (Å²) < 4.78 is 29.7. The van der Waals surface area contributed by atoms with Gasteiger partial charge in [0.05, 0.1) is 5.75 Å². The van der Waals surface area contributed by atoms with Crippen molar-refractivity contribution in [1.82, 2.24) is 4.98 Å². The number of sulfone groups is 1. The van der Waals surface area contributed by atoms with Crippen molar-refractivity contribution >= 4 is 26.6 Å². The molecule has 2 rings (SSSR count). The second-order valence-corrected chi connectivity index (χ2v) is 6.79. The Morgan fingerprint density at radius 2 is 2.16 bits per heavy atom. The van der Waals surface area contributed by atoms with Gasteiger partial charge in [-0.2, -0.15) is 4.98 Å². The Labute approximate surface area is 112 Å². The molecule has 1 unspecified atom stereocenters. The predicted octanol–water partition coefficient (Wildman–Crippen LogP) is 2.62. The Kier molecular flexibility index (Phi) is 3.80. The highest BCUT2D eigenvalue weighted by atomic mass is 32.2. The predicted molar refractivity (Wildman–Crippen MR) is 74.5 cm³/mol. The summed E-state index contributed by atoms with van der Waals surface area (Å²) in [5.74, 6) is 0.151. The molecule has 0 aliphatic heterocycles. The Morgan fingerprint density at radius 1 is 1.42 bits per heavy atom. The molecule has 2 aromatic rings. The van der Waals surface area contributed by atoms with Gasteiger partial charge in [-0.3, -0.25) is 0 Å². The zero-order valence-corrected chi connectivity index (χ0v) is 11.9. The summed E-state index contributed by atoms with van der Waals surface area (Å²) in [5.41, 5.74) is 7.06. The zero-order chi connectivity index (χ0) is 14.0. The summed E-state index contributed by atoms with van der Waals surface area (Å²) in [4.78, 5) is 4.03. The van der Waals surface area contributed by atoms with Crippen molar-refractivity contribution in [2.75, 3.05) is 11.5 Å². The van der Waals surface area contributed by atoms with Gasteiger partial charge in [0.15, 0.2) is 5.58 Å². The fraction of sp³-hybridized carbons (Fsp3) is 0.462. The summed E-state index contributed by atoms with van der Waals surface area (Å²) in [7, 11) is -3.48. The van der Waals surface area contributed by atoms with Crippen molar-refractivity contribution < 1.29 is 12.8 Å². The average Bonchev–Trinajstić information content (AvgIpc) is 2.72. The molecule has 19 heavy (non-hydrogen) atoms. The minimum absolute atomic E-state index is 0.0587. The molecular weight excluding hydrogens is 264 g/mol. The summed E-state index contributed by atoms with van der Waals surface area (Å²) in [5, 5.41) is -0.212. The summed E-state index contributed by atoms with van der Waals surface area (Å²) in [6.45, 7) is 3.95. The van der Waals surface area contributed by atoms with Gasteiger partial charge in [-0.25, -0.2) is 8.42 Å². The molecule has 1 heterocycles. The number of hydrogen-bond donors (Lipinski definition) is 1. The van der Waals surface area contributed by atoms with E-state index in [1.165, 1.54) is 0 Å². The first-order valence-electron chi connectivity index (χ1n) is 6.31. The SMILES string of the molecule is CCCC(C)CS(=O)(=O)c1nc2ccc(N)cc2o1. The quantitative estimate of drug-likeness (QED) is 0.852. The maximum atomic E-state index is 12.2. The molecule has 6 heteroatoms. The summed E-state index contributed by atoms with van der Waals surface area (Å²) >= 11 is 0. The van der Waals surface area contributed by atoms with Crippen molar-refractivity contribution in [2.24, 2.45) is 5.92 Å². The highest BCUT2D eigenvalue weighted by molar-refractivity contribution is 7.91. The molecule has 0 saturated carbocycles. The van der Waals surface area contributed by atoms with E-state index in [9.17, 15) is 8.42 Å². The molecule has 0 amide bonds. The van der Waals surface area contributed by atoms with Crippen LogP contribution in [0.3, 0.4) is 0 Å². The topological polar surface area (TPSA) is 86.2 Å². The molecular formula is C13H18N2O3S. The van der Waals surface area contributed by atoms with Crippen LogP contribution in [-0.2, 0) is 9.84 Å². The van der Waals surface area contributed by atoms with Crippen molar-refractivity contribution in [3.8, 4) is 0 Å². The van der Waals surface area contributed by atoms with Crippen LogP contribution < -0.4 is 5.73 Å². The average molecular weight is 282 g/mol. The molecule has 1 aromatic heterocycles. The Morgan fingerprint density at radius 3 is 2.84 bits per heavy atom. The highest BCUT2D eigenvalue weighted by Crippen LogP contribution is 2.23. The minimum Gasteiger partial charge on any atom is -0.428 e. The molecule has 0 bridgehead atoms. The molecule has 0 radical (unpaired) electrons. The lowest BCUT2D eigenvalue weighted by Crippen LogP contribution is -2.14. The van der Waals surface area contributed by atoms with Crippen molar-refractivity contribution in [2.45, 2.75) is 31.9 Å². The standard InChI is InChI=1S/C13H18N2O3S/c1-3-4-9(2)8-19(16,17)13-15-11-6-5-10(14)7-12(11)18-13/h5-7,9H,3-4,8,14H2,1-2H3. The van der Waals surface area contributed by atoms with E-state index in [1.54, 1.807) is 18.2 Å². The van der Waals surface area contributed by atoms with E-state index in [1.807, 2.05) is 13.8 Å². The van der Waals surface area contributed by atoms with Crippen LogP contribution in [0.5, 0.6) is 0 Å². The first-order valence-corrected chi connectivity index (χ1v) is 7.96. The summed E-state index contributed by atoms with van der Waals surface area (Å²) in [6, 6.07) is 4.90.